The third-order valence-corrected chi connectivity index (χ3v) is 5.06. The molecule has 1 heterocycles. The fraction of sp³-hybridized carbons (Fsp3) is 0.238. The number of hydrogen-bond acceptors (Lipinski definition) is 6. The van der Waals surface area contributed by atoms with Crippen LogP contribution in [0.25, 0.3) is 10.9 Å². The number of ether oxygens (including phenoxy) is 1. The van der Waals surface area contributed by atoms with E-state index >= 15 is 0 Å². The van der Waals surface area contributed by atoms with Gasteiger partial charge in [0.2, 0.25) is 0 Å². The minimum atomic E-state index is -0.541. The van der Waals surface area contributed by atoms with Gasteiger partial charge in [-0.15, -0.1) is 0 Å². The number of nitrogens with zero attached hydrogens (tertiary/aromatic N) is 2. The van der Waals surface area contributed by atoms with E-state index in [9.17, 15) is 14.4 Å². The van der Waals surface area contributed by atoms with Crippen LogP contribution in [0.2, 0.25) is 0 Å². The van der Waals surface area contributed by atoms with Crippen LogP contribution in [0, 0.1) is 0 Å². The second-order valence-corrected chi connectivity index (χ2v) is 7.04. The molecule has 0 bridgehead atoms. The Morgan fingerprint density at radius 2 is 1.79 bits per heavy atom. The normalized spacial score (nSPS) is 10.8. The van der Waals surface area contributed by atoms with Crippen molar-refractivity contribution in [2.45, 2.75) is 25.0 Å². The first kappa shape index (κ1) is 19.8. The predicted octanol–water partition coefficient (Wildman–Crippen LogP) is 3.06. The van der Waals surface area contributed by atoms with E-state index in [0.717, 1.165) is 17.3 Å². The van der Waals surface area contributed by atoms with E-state index in [1.54, 1.807) is 29.7 Å². The van der Waals surface area contributed by atoms with E-state index in [0.29, 0.717) is 22.6 Å². The first-order chi connectivity index (χ1) is 13.6. The third kappa shape index (κ3) is 4.86. The topological polar surface area (TPSA) is 78.3 Å². The van der Waals surface area contributed by atoms with E-state index in [1.807, 2.05) is 36.4 Å². The van der Waals surface area contributed by atoms with Gasteiger partial charge in [-0.25, -0.2) is 4.98 Å². The zero-order valence-electron chi connectivity index (χ0n) is 15.5. The molecule has 0 spiro atoms. The highest BCUT2D eigenvalue weighted by molar-refractivity contribution is 7.99. The van der Waals surface area contributed by atoms with Crippen LogP contribution in [0.5, 0.6) is 0 Å². The van der Waals surface area contributed by atoms with Crippen molar-refractivity contribution in [1.82, 2.24) is 9.55 Å². The molecule has 0 saturated carbocycles. The molecule has 0 atom stereocenters. The molecule has 7 heteroatoms. The maximum Gasteiger partial charge on any atom is 0.313 e. The number of esters is 1. The number of aromatic nitrogens is 2. The van der Waals surface area contributed by atoms with Gasteiger partial charge in [-0.2, -0.15) is 0 Å². The smallest absolute Gasteiger partial charge is 0.313 e. The van der Waals surface area contributed by atoms with Crippen LogP contribution in [-0.2, 0) is 20.9 Å². The maximum atomic E-state index is 13.0. The van der Waals surface area contributed by atoms with E-state index in [-0.39, 0.29) is 30.1 Å². The second kappa shape index (κ2) is 9.32. The zero-order chi connectivity index (χ0) is 19.9. The molecule has 3 aromatic rings. The Labute approximate surface area is 166 Å². The Morgan fingerprint density at radius 3 is 2.54 bits per heavy atom. The summed E-state index contributed by atoms with van der Waals surface area (Å²) < 4.78 is 6.37. The number of ketones is 1. The monoisotopic (exact) mass is 396 g/mol. The molecule has 0 fully saturated rings. The number of Topliss-reactive ketones (excluding diaryl/α,β-unsaturated/α-hetero) is 1. The average molecular weight is 396 g/mol. The predicted molar refractivity (Wildman–Crippen MR) is 109 cm³/mol. The molecular formula is C21H20N2O4S. The summed E-state index contributed by atoms with van der Waals surface area (Å²) in [6.07, 6.45) is -0.280. The molecule has 0 saturated heterocycles. The Bertz CT molecular complexity index is 1050. The molecule has 0 aliphatic heterocycles. The summed E-state index contributed by atoms with van der Waals surface area (Å²) in [4.78, 5) is 41.2. The average Bonchev–Trinajstić information content (AvgIpc) is 2.70. The van der Waals surface area contributed by atoms with Crippen LogP contribution in [-0.4, -0.2) is 33.7 Å². The lowest BCUT2D eigenvalue weighted by molar-refractivity contribution is -0.145. The van der Waals surface area contributed by atoms with Crippen molar-refractivity contribution in [2.24, 2.45) is 0 Å². The summed E-state index contributed by atoms with van der Waals surface area (Å²) in [6, 6.07) is 16.7. The summed E-state index contributed by atoms with van der Waals surface area (Å²) in [7, 11) is 0. The van der Waals surface area contributed by atoms with Gasteiger partial charge >= 0.3 is 5.97 Å². The van der Waals surface area contributed by atoms with Gasteiger partial charge in [0.1, 0.15) is 6.42 Å². The highest BCUT2D eigenvalue weighted by Crippen LogP contribution is 2.19. The van der Waals surface area contributed by atoms with Crippen LogP contribution in [0.1, 0.15) is 18.9 Å². The van der Waals surface area contributed by atoms with Gasteiger partial charge in [0.25, 0.3) is 5.56 Å². The van der Waals surface area contributed by atoms with Crippen molar-refractivity contribution < 1.29 is 14.3 Å². The number of carbonyl (C=O) groups excluding carboxylic acids is 2. The van der Waals surface area contributed by atoms with Gasteiger partial charge in [0, 0.05) is 0 Å². The first-order valence-electron chi connectivity index (χ1n) is 8.92. The van der Waals surface area contributed by atoms with Gasteiger partial charge < -0.3 is 4.74 Å². The molecule has 3 rings (SSSR count). The van der Waals surface area contributed by atoms with Crippen LogP contribution in [0.4, 0.5) is 0 Å². The number of hydrogen-bond donors (Lipinski definition) is 0. The molecule has 2 aromatic carbocycles. The van der Waals surface area contributed by atoms with Gasteiger partial charge in [0.05, 0.1) is 29.8 Å². The van der Waals surface area contributed by atoms with Crippen LogP contribution in [0.15, 0.2) is 64.5 Å². The van der Waals surface area contributed by atoms with Crippen molar-refractivity contribution in [2.75, 3.05) is 12.4 Å². The maximum absolute atomic E-state index is 13.0. The summed E-state index contributed by atoms with van der Waals surface area (Å²) in [5, 5.41) is 0.977. The summed E-state index contributed by atoms with van der Waals surface area (Å²) in [5.41, 5.74) is 1.38. The van der Waals surface area contributed by atoms with Crippen molar-refractivity contribution in [3.63, 3.8) is 0 Å². The molecule has 1 aromatic heterocycles. The number of carbonyl (C=O) groups is 2. The molecule has 0 N–H and O–H groups in total. The van der Waals surface area contributed by atoms with Crippen molar-refractivity contribution in [3.8, 4) is 0 Å². The lowest BCUT2D eigenvalue weighted by Gasteiger charge is -2.13. The Hall–Kier alpha value is -2.93. The lowest BCUT2D eigenvalue weighted by atomic mass is 10.2. The molecule has 144 valence electrons. The number of benzene rings is 2. The van der Waals surface area contributed by atoms with E-state index in [2.05, 4.69) is 4.98 Å². The summed E-state index contributed by atoms with van der Waals surface area (Å²) in [5.74, 6) is -0.767. The Morgan fingerprint density at radius 1 is 1.07 bits per heavy atom. The lowest BCUT2D eigenvalue weighted by Crippen LogP contribution is -2.24. The minimum Gasteiger partial charge on any atom is -0.466 e. The van der Waals surface area contributed by atoms with Crippen LogP contribution < -0.4 is 5.56 Å². The second-order valence-electron chi connectivity index (χ2n) is 6.10. The van der Waals surface area contributed by atoms with E-state index < -0.39 is 5.97 Å². The largest absolute Gasteiger partial charge is 0.466 e. The number of rotatable bonds is 8. The van der Waals surface area contributed by atoms with Crippen LogP contribution >= 0.6 is 11.8 Å². The standard InChI is InChI=1S/C21H20N2O4S/c1-2-27-19(25)12-16(24)14-28-21-22-18-11-7-6-10-17(18)20(26)23(21)13-15-8-4-3-5-9-15/h3-11H,2,12-14H2,1H3. The highest BCUT2D eigenvalue weighted by Gasteiger charge is 2.15. The fourth-order valence-corrected chi connectivity index (χ4v) is 3.59. The molecule has 28 heavy (non-hydrogen) atoms. The molecule has 6 nitrogen and oxygen atoms in total. The Kier molecular flexibility index (Phi) is 6.60. The quantitative estimate of drug-likeness (QED) is 0.252. The van der Waals surface area contributed by atoms with Gasteiger partial charge in [0.15, 0.2) is 10.9 Å². The number of fused-ring (bicyclic) bond motifs is 1. The first-order valence-corrected chi connectivity index (χ1v) is 9.90. The van der Waals surface area contributed by atoms with E-state index in [4.69, 9.17) is 4.74 Å². The van der Waals surface area contributed by atoms with Crippen molar-refractivity contribution in [3.05, 3.63) is 70.5 Å². The van der Waals surface area contributed by atoms with E-state index in [1.165, 1.54) is 0 Å². The van der Waals surface area contributed by atoms with Gasteiger partial charge in [-0.1, -0.05) is 54.2 Å². The van der Waals surface area contributed by atoms with Gasteiger partial charge in [-0.3, -0.25) is 19.0 Å². The highest BCUT2D eigenvalue weighted by atomic mass is 32.2. The van der Waals surface area contributed by atoms with Gasteiger partial charge in [-0.05, 0) is 24.6 Å². The Balaban J connectivity index is 1.89. The molecule has 0 amide bonds. The number of para-hydroxylation sites is 1. The minimum absolute atomic E-state index is 0.0401. The molecule has 0 unspecified atom stereocenters. The molecule has 0 radical (unpaired) electrons. The zero-order valence-corrected chi connectivity index (χ0v) is 16.3. The SMILES string of the molecule is CCOC(=O)CC(=O)CSc1nc2ccccc2c(=O)n1Cc1ccccc1. The summed E-state index contributed by atoms with van der Waals surface area (Å²) >= 11 is 1.16. The van der Waals surface area contributed by atoms with Crippen molar-refractivity contribution >= 4 is 34.4 Å². The summed E-state index contributed by atoms with van der Waals surface area (Å²) in [6.45, 7) is 2.28. The van der Waals surface area contributed by atoms with Crippen molar-refractivity contribution in [1.29, 1.82) is 0 Å². The number of thioether (sulfide) groups is 1. The van der Waals surface area contributed by atoms with Crippen LogP contribution in [0.3, 0.4) is 0 Å². The fourth-order valence-electron chi connectivity index (χ4n) is 2.73. The molecule has 0 aliphatic rings. The third-order valence-electron chi connectivity index (χ3n) is 4.02. The molecular weight excluding hydrogens is 376 g/mol. The molecule has 0 aliphatic carbocycles.